The van der Waals surface area contributed by atoms with Gasteiger partial charge in [-0.2, -0.15) is 0 Å². The molecule has 6 heteroatoms. The van der Waals surface area contributed by atoms with Crippen LogP contribution in [0, 0.1) is 0 Å². The van der Waals surface area contributed by atoms with Crippen LogP contribution in [-0.2, 0) is 0 Å². The zero-order chi connectivity index (χ0) is 22.3. The van der Waals surface area contributed by atoms with Gasteiger partial charge in [-0.3, -0.25) is 0 Å². The number of imidazole rings is 1. The average molecular weight is 436 g/mol. The maximum atomic E-state index is 10.5. The molecule has 0 saturated heterocycles. The minimum absolute atomic E-state index is 0.0617. The van der Waals surface area contributed by atoms with Gasteiger partial charge in [0.2, 0.25) is 0 Å². The molecule has 1 saturated carbocycles. The molecule has 32 heavy (non-hydrogen) atoms. The van der Waals surface area contributed by atoms with Crippen LogP contribution in [0.3, 0.4) is 0 Å². The number of fused-ring (bicyclic) bond motifs is 1. The number of aromatic nitrogens is 4. The van der Waals surface area contributed by atoms with Gasteiger partial charge in [-0.25, -0.2) is 15.0 Å². The molecule has 2 heterocycles. The Morgan fingerprint density at radius 2 is 1.84 bits per heavy atom. The molecule has 0 aliphatic heterocycles. The highest BCUT2D eigenvalue weighted by Gasteiger charge is 2.23. The molecule has 4 rings (SSSR count). The molecule has 1 aliphatic carbocycles. The van der Waals surface area contributed by atoms with E-state index in [4.69, 9.17) is 15.0 Å². The first-order chi connectivity index (χ1) is 15.7. The minimum Gasteiger partial charge on any atom is -0.391 e. The van der Waals surface area contributed by atoms with Gasteiger partial charge in [0.1, 0.15) is 5.52 Å². The number of benzene rings is 1. The van der Waals surface area contributed by atoms with Crippen LogP contribution in [0.4, 0.5) is 5.82 Å². The second-order valence-corrected chi connectivity index (χ2v) is 9.22. The fourth-order valence-electron chi connectivity index (χ4n) is 4.76. The van der Waals surface area contributed by atoms with Gasteiger partial charge in [-0.1, -0.05) is 82.2 Å². The summed E-state index contributed by atoms with van der Waals surface area (Å²) in [6.45, 7) is 4.07. The lowest BCUT2D eigenvalue weighted by Crippen LogP contribution is -2.32. The van der Waals surface area contributed by atoms with Crippen LogP contribution in [0.2, 0.25) is 0 Å². The third-order valence-electron chi connectivity index (χ3n) is 6.69. The van der Waals surface area contributed by atoms with Crippen LogP contribution in [0.15, 0.2) is 36.7 Å². The Labute approximate surface area is 191 Å². The molecular formula is C26H37N5O. The van der Waals surface area contributed by atoms with Gasteiger partial charge in [0.05, 0.1) is 18.5 Å². The first-order valence-electron chi connectivity index (χ1n) is 12.4. The summed E-state index contributed by atoms with van der Waals surface area (Å²) in [5.41, 5.74) is 2.68. The smallest absolute Gasteiger partial charge is 0.166 e. The lowest BCUT2D eigenvalue weighted by atomic mass is 9.95. The SMILES string of the molecule is CCCCCC[C@H](Nc1nc(-c2ccccc2)nc2c1ncn2C1CCCCC1)[C@@H](C)O. The van der Waals surface area contributed by atoms with E-state index in [1.807, 2.05) is 43.6 Å². The van der Waals surface area contributed by atoms with Gasteiger partial charge < -0.3 is 15.0 Å². The van der Waals surface area contributed by atoms with Gasteiger partial charge in [0.15, 0.2) is 17.3 Å². The first kappa shape index (κ1) is 22.7. The summed E-state index contributed by atoms with van der Waals surface area (Å²) >= 11 is 0. The van der Waals surface area contributed by atoms with Gasteiger partial charge in [-0.05, 0) is 26.2 Å². The van der Waals surface area contributed by atoms with Crippen molar-refractivity contribution in [2.75, 3.05) is 5.32 Å². The number of rotatable bonds is 10. The molecule has 6 nitrogen and oxygen atoms in total. The third kappa shape index (κ3) is 5.29. The summed E-state index contributed by atoms with van der Waals surface area (Å²) in [7, 11) is 0. The summed E-state index contributed by atoms with van der Waals surface area (Å²) < 4.78 is 2.26. The van der Waals surface area contributed by atoms with Gasteiger partial charge in [-0.15, -0.1) is 0 Å². The van der Waals surface area contributed by atoms with Crippen LogP contribution in [0.5, 0.6) is 0 Å². The molecule has 0 amide bonds. The van der Waals surface area contributed by atoms with Crippen LogP contribution < -0.4 is 5.32 Å². The van der Waals surface area contributed by atoms with E-state index < -0.39 is 6.10 Å². The molecule has 0 spiro atoms. The first-order valence-corrected chi connectivity index (χ1v) is 12.4. The van der Waals surface area contributed by atoms with Crippen molar-refractivity contribution < 1.29 is 5.11 Å². The largest absolute Gasteiger partial charge is 0.391 e. The normalized spacial score (nSPS) is 16.8. The Morgan fingerprint density at radius 1 is 1.06 bits per heavy atom. The van der Waals surface area contributed by atoms with E-state index in [-0.39, 0.29) is 6.04 Å². The molecule has 1 fully saturated rings. The topological polar surface area (TPSA) is 75.9 Å². The molecular weight excluding hydrogens is 398 g/mol. The fourth-order valence-corrected chi connectivity index (χ4v) is 4.76. The Hall–Kier alpha value is -2.47. The summed E-state index contributed by atoms with van der Waals surface area (Å²) in [6, 6.07) is 10.5. The van der Waals surface area contributed by atoms with E-state index in [1.54, 1.807) is 0 Å². The molecule has 0 bridgehead atoms. The number of hydrogen-bond donors (Lipinski definition) is 2. The van der Waals surface area contributed by atoms with Gasteiger partial charge in [0.25, 0.3) is 0 Å². The number of nitrogens with zero attached hydrogens (tertiary/aromatic N) is 4. The number of nitrogens with one attached hydrogen (secondary N) is 1. The van der Waals surface area contributed by atoms with Crippen molar-refractivity contribution in [2.45, 2.75) is 96.2 Å². The van der Waals surface area contributed by atoms with Crippen molar-refractivity contribution in [3.63, 3.8) is 0 Å². The predicted octanol–water partition coefficient (Wildman–Crippen LogP) is 6.13. The van der Waals surface area contributed by atoms with Crippen molar-refractivity contribution >= 4 is 17.0 Å². The van der Waals surface area contributed by atoms with Crippen LogP contribution in [-0.4, -0.2) is 36.8 Å². The van der Waals surface area contributed by atoms with E-state index in [9.17, 15) is 5.11 Å². The fraction of sp³-hybridized carbons (Fsp3) is 0.577. The number of anilines is 1. The maximum absolute atomic E-state index is 10.5. The van der Waals surface area contributed by atoms with Crippen molar-refractivity contribution in [3.8, 4) is 11.4 Å². The Morgan fingerprint density at radius 3 is 2.56 bits per heavy atom. The Balaban J connectivity index is 1.70. The highest BCUT2D eigenvalue weighted by Crippen LogP contribution is 2.33. The van der Waals surface area contributed by atoms with E-state index in [1.165, 1.54) is 51.4 Å². The lowest BCUT2D eigenvalue weighted by molar-refractivity contribution is 0.165. The molecule has 0 unspecified atom stereocenters. The highest BCUT2D eigenvalue weighted by atomic mass is 16.3. The summed E-state index contributed by atoms with van der Waals surface area (Å²) in [4.78, 5) is 14.6. The summed E-state index contributed by atoms with van der Waals surface area (Å²) in [5.74, 6) is 1.43. The lowest BCUT2D eigenvalue weighted by Gasteiger charge is -2.24. The molecule has 2 aromatic heterocycles. The predicted molar refractivity (Wildman–Crippen MR) is 131 cm³/mol. The molecule has 2 N–H and O–H groups in total. The number of aliphatic hydroxyl groups is 1. The second-order valence-electron chi connectivity index (χ2n) is 9.22. The Bertz CT molecular complexity index is 979. The average Bonchev–Trinajstić information content (AvgIpc) is 3.26. The molecule has 2 atom stereocenters. The molecule has 1 aromatic carbocycles. The van der Waals surface area contributed by atoms with Crippen molar-refractivity contribution in [2.24, 2.45) is 0 Å². The number of hydrogen-bond acceptors (Lipinski definition) is 5. The summed E-state index contributed by atoms with van der Waals surface area (Å²) in [6.07, 6.45) is 13.3. The summed E-state index contributed by atoms with van der Waals surface area (Å²) in [5, 5.41) is 14.0. The molecule has 0 radical (unpaired) electrons. The van der Waals surface area contributed by atoms with E-state index in [0.717, 1.165) is 35.4 Å². The number of aliphatic hydroxyl groups excluding tert-OH is 1. The van der Waals surface area contributed by atoms with Crippen molar-refractivity contribution in [3.05, 3.63) is 36.7 Å². The van der Waals surface area contributed by atoms with E-state index in [2.05, 4.69) is 16.8 Å². The zero-order valence-corrected chi connectivity index (χ0v) is 19.5. The molecule has 3 aromatic rings. The van der Waals surface area contributed by atoms with Gasteiger partial charge >= 0.3 is 0 Å². The maximum Gasteiger partial charge on any atom is 0.166 e. The zero-order valence-electron chi connectivity index (χ0n) is 19.5. The molecule has 1 aliphatic rings. The quantitative estimate of drug-likeness (QED) is 0.375. The molecule has 172 valence electrons. The monoisotopic (exact) mass is 435 g/mol. The Kier molecular flexibility index (Phi) is 7.74. The highest BCUT2D eigenvalue weighted by molar-refractivity contribution is 5.85. The van der Waals surface area contributed by atoms with Crippen LogP contribution in [0.25, 0.3) is 22.6 Å². The van der Waals surface area contributed by atoms with E-state index in [0.29, 0.717) is 11.9 Å². The van der Waals surface area contributed by atoms with Crippen molar-refractivity contribution in [1.29, 1.82) is 0 Å². The van der Waals surface area contributed by atoms with Crippen LogP contribution in [0.1, 0.15) is 84.1 Å². The third-order valence-corrected chi connectivity index (χ3v) is 6.69. The van der Waals surface area contributed by atoms with Crippen LogP contribution >= 0.6 is 0 Å². The standard InChI is InChI=1S/C26H37N5O/c1-3-4-5-12-17-22(19(2)32)28-25-23-26(30-24(29-25)20-13-8-6-9-14-20)31(18-27-23)21-15-10-7-11-16-21/h6,8-9,13-14,18-19,21-22,32H,3-5,7,10-12,15-17H2,1-2H3,(H,28,29,30)/t19-,22+/m1/s1. The van der Waals surface area contributed by atoms with Crippen molar-refractivity contribution in [1.82, 2.24) is 19.5 Å². The van der Waals surface area contributed by atoms with Gasteiger partial charge in [0, 0.05) is 11.6 Å². The second kappa shape index (κ2) is 10.9. The number of unbranched alkanes of at least 4 members (excludes halogenated alkanes) is 3. The minimum atomic E-state index is -0.470. The van der Waals surface area contributed by atoms with E-state index >= 15 is 0 Å².